The normalized spacial score (nSPS) is 40.4. The van der Waals surface area contributed by atoms with Crippen molar-refractivity contribution in [3.63, 3.8) is 0 Å². The quantitative estimate of drug-likeness (QED) is 0.712. The van der Waals surface area contributed by atoms with Crippen LogP contribution in [0.5, 0.6) is 0 Å². The number of allylic oxidation sites excluding steroid dienone is 1. The standard InChI is InChI=1S/C17H19NS/c18-10-15(9-16-2-1-3-19-16)17-13-5-11-4-12(7-13)8-14(17)6-11/h1-3,9,11-14,17H,4-8H2/b15-9+. The number of hydrogen-bond donors (Lipinski definition) is 0. The molecule has 0 amide bonds. The van der Waals surface area contributed by atoms with E-state index in [1.807, 2.05) is 0 Å². The Hall–Kier alpha value is -1.07. The van der Waals surface area contributed by atoms with Crippen LogP contribution in [-0.4, -0.2) is 0 Å². The van der Waals surface area contributed by atoms with Crippen molar-refractivity contribution in [1.82, 2.24) is 0 Å². The third-order valence-electron chi connectivity index (χ3n) is 5.56. The summed E-state index contributed by atoms with van der Waals surface area (Å²) in [6.07, 6.45) is 9.21. The Labute approximate surface area is 119 Å². The van der Waals surface area contributed by atoms with Crippen LogP contribution in [0.2, 0.25) is 0 Å². The molecule has 1 nitrogen and oxygen atoms in total. The second kappa shape index (κ2) is 4.49. The van der Waals surface area contributed by atoms with Crippen molar-refractivity contribution in [3.8, 4) is 6.07 Å². The summed E-state index contributed by atoms with van der Waals surface area (Å²) < 4.78 is 0. The van der Waals surface area contributed by atoms with E-state index in [-0.39, 0.29) is 0 Å². The zero-order chi connectivity index (χ0) is 12.8. The van der Waals surface area contributed by atoms with E-state index in [0.29, 0.717) is 5.92 Å². The van der Waals surface area contributed by atoms with Crippen LogP contribution in [0.3, 0.4) is 0 Å². The van der Waals surface area contributed by atoms with Gasteiger partial charge in [-0.25, -0.2) is 0 Å². The number of nitrogens with zero attached hydrogens (tertiary/aromatic N) is 1. The van der Waals surface area contributed by atoms with Crippen LogP contribution in [0.4, 0.5) is 0 Å². The zero-order valence-corrected chi connectivity index (χ0v) is 11.9. The first kappa shape index (κ1) is 11.7. The lowest BCUT2D eigenvalue weighted by Gasteiger charge is -2.54. The molecule has 0 atom stereocenters. The number of nitriles is 1. The minimum Gasteiger partial charge on any atom is -0.193 e. The molecule has 4 aliphatic rings. The predicted molar refractivity (Wildman–Crippen MR) is 78.4 cm³/mol. The van der Waals surface area contributed by atoms with Crippen LogP contribution >= 0.6 is 11.3 Å². The van der Waals surface area contributed by atoms with Crippen LogP contribution < -0.4 is 0 Å². The van der Waals surface area contributed by atoms with Crippen LogP contribution in [-0.2, 0) is 0 Å². The summed E-state index contributed by atoms with van der Waals surface area (Å²) in [5, 5.41) is 11.7. The zero-order valence-electron chi connectivity index (χ0n) is 11.1. The molecule has 1 aromatic rings. The van der Waals surface area contributed by atoms with E-state index < -0.39 is 0 Å². The van der Waals surface area contributed by atoms with Gasteiger partial charge in [0.2, 0.25) is 0 Å². The molecule has 5 rings (SSSR count). The van der Waals surface area contributed by atoms with Crippen molar-refractivity contribution in [2.75, 3.05) is 0 Å². The van der Waals surface area contributed by atoms with Crippen molar-refractivity contribution in [2.45, 2.75) is 32.1 Å². The summed E-state index contributed by atoms with van der Waals surface area (Å²) in [6.45, 7) is 0. The Bertz CT molecular complexity index is 506. The van der Waals surface area contributed by atoms with E-state index in [0.717, 1.165) is 29.2 Å². The minimum atomic E-state index is 0.569. The van der Waals surface area contributed by atoms with Crippen molar-refractivity contribution < 1.29 is 0 Å². The van der Waals surface area contributed by atoms with Gasteiger partial charge in [-0.3, -0.25) is 0 Å². The van der Waals surface area contributed by atoms with Crippen molar-refractivity contribution in [1.29, 1.82) is 5.26 Å². The van der Waals surface area contributed by atoms with Gasteiger partial charge in [-0.15, -0.1) is 11.3 Å². The maximum Gasteiger partial charge on any atom is 0.0950 e. The highest BCUT2D eigenvalue weighted by molar-refractivity contribution is 7.10. The van der Waals surface area contributed by atoms with Gasteiger partial charge in [-0.05, 0) is 79.2 Å². The molecule has 0 spiro atoms. The van der Waals surface area contributed by atoms with E-state index in [1.165, 1.54) is 37.0 Å². The molecule has 98 valence electrons. The predicted octanol–water partition coefficient (Wildman–Crippen LogP) is 4.73. The third-order valence-corrected chi connectivity index (χ3v) is 6.38. The van der Waals surface area contributed by atoms with E-state index in [9.17, 15) is 5.26 Å². The molecule has 2 heteroatoms. The Morgan fingerprint density at radius 1 is 1.16 bits per heavy atom. The van der Waals surface area contributed by atoms with Gasteiger partial charge in [0.1, 0.15) is 0 Å². The Balaban J connectivity index is 1.66. The molecule has 1 aromatic heterocycles. The number of hydrogen-bond acceptors (Lipinski definition) is 2. The summed E-state index contributed by atoms with van der Waals surface area (Å²) in [7, 11) is 0. The van der Waals surface area contributed by atoms with Gasteiger partial charge in [-0.2, -0.15) is 5.26 Å². The van der Waals surface area contributed by atoms with Gasteiger partial charge in [0.05, 0.1) is 6.07 Å². The van der Waals surface area contributed by atoms with Gasteiger partial charge < -0.3 is 0 Å². The monoisotopic (exact) mass is 269 g/mol. The van der Waals surface area contributed by atoms with Crippen molar-refractivity contribution in [2.24, 2.45) is 29.6 Å². The smallest absolute Gasteiger partial charge is 0.0950 e. The van der Waals surface area contributed by atoms with Crippen molar-refractivity contribution >= 4 is 17.4 Å². The first-order chi connectivity index (χ1) is 9.33. The molecule has 0 aliphatic heterocycles. The summed E-state index contributed by atoms with van der Waals surface area (Å²) in [6, 6.07) is 6.73. The fourth-order valence-corrected chi connectivity index (χ4v) is 5.83. The highest BCUT2D eigenvalue weighted by Gasteiger charge is 2.49. The average molecular weight is 269 g/mol. The van der Waals surface area contributed by atoms with E-state index in [4.69, 9.17) is 0 Å². The largest absolute Gasteiger partial charge is 0.193 e. The van der Waals surface area contributed by atoms with Gasteiger partial charge in [0.25, 0.3) is 0 Å². The molecular weight excluding hydrogens is 250 g/mol. The Morgan fingerprint density at radius 2 is 1.84 bits per heavy atom. The lowest BCUT2D eigenvalue weighted by Crippen LogP contribution is -2.45. The molecular formula is C17H19NS. The maximum atomic E-state index is 9.60. The molecule has 1 heterocycles. The number of thiophene rings is 1. The first-order valence-electron chi connectivity index (χ1n) is 7.48. The highest BCUT2D eigenvalue weighted by Crippen LogP contribution is 2.58. The number of rotatable bonds is 2. The van der Waals surface area contributed by atoms with Gasteiger partial charge >= 0.3 is 0 Å². The van der Waals surface area contributed by atoms with E-state index in [1.54, 1.807) is 11.3 Å². The molecule has 0 unspecified atom stereocenters. The van der Waals surface area contributed by atoms with Gasteiger partial charge in [-0.1, -0.05) is 6.07 Å². The van der Waals surface area contributed by atoms with E-state index >= 15 is 0 Å². The second-order valence-electron chi connectivity index (χ2n) is 6.68. The molecule has 0 saturated heterocycles. The molecule has 4 saturated carbocycles. The SMILES string of the molecule is N#C/C(=C\c1cccs1)C1C2CC3CC(C2)CC1C3. The summed E-state index contributed by atoms with van der Waals surface area (Å²) >= 11 is 1.74. The first-order valence-corrected chi connectivity index (χ1v) is 8.36. The average Bonchev–Trinajstić information content (AvgIpc) is 2.89. The van der Waals surface area contributed by atoms with Crippen LogP contribution in [0.25, 0.3) is 6.08 Å². The Morgan fingerprint density at radius 3 is 2.37 bits per heavy atom. The van der Waals surface area contributed by atoms with Crippen LogP contribution in [0.15, 0.2) is 23.1 Å². The maximum absolute atomic E-state index is 9.60. The lowest BCUT2D eigenvalue weighted by molar-refractivity contribution is -0.0187. The summed E-state index contributed by atoms with van der Waals surface area (Å²) in [5.41, 5.74) is 1.07. The Kier molecular flexibility index (Phi) is 2.77. The molecule has 4 bridgehead atoms. The fourth-order valence-electron chi connectivity index (χ4n) is 5.16. The minimum absolute atomic E-state index is 0.569. The molecule has 4 fully saturated rings. The van der Waals surface area contributed by atoms with Crippen LogP contribution in [0, 0.1) is 40.9 Å². The van der Waals surface area contributed by atoms with Gasteiger partial charge in [0.15, 0.2) is 0 Å². The topological polar surface area (TPSA) is 23.8 Å². The lowest BCUT2D eigenvalue weighted by atomic mass is 9.50. The van der Waals surface area contributed by atoms with Crippen LogP contribution in [0.1, 0.15) is 37.0 Å². The second-order valence-corrected chi connectivity index (χ2v) is 7.66. The fraction of sp³-hybridized carbons (Fsp3) is 0.588. The molecule has 0 radical (unpaired) electrons. The summed E-state index contributed by atoms with van der Waals surface area (Å²) in [4.78, 5) is 1.24. The molecule has 19 heavy (non-hydrogen) atoms. The molecule has 0 N–H and O–H groups in total. The van der Waals surface area contributed by atoms with Gasteiger partial charge in [0, 0.05) is 10.5 Å². The summed E-state index contributed by atoms with van der Waals surface area (Å²) in [5.74, 6) is 4.16. The highest BCUT2D eigenvalue weighted by atomic mass is 32.1. The molecule has 4 aliphatic carbocycles. The third kappa shape index (κ3) is 1.96. The van der Waals surface area contributed by atoms with Crippen molar-refractivity contribution in [3.05, 3.63) is 28.0 Å². The molecule has 0 aromatic carbocycles. The van der Waals surface area contributed by atoms with E-state index in [2.05, 4.69) is 29.7 Å².